The van der Waals surface area contributed by atoms with Crippen LogP contribution in [0.5, 0.6) is 0 Å². The van der Waals surface area contributed by atoms with Crippen LogP contribution in [0.15, 0.2) is 18.5 Å². The third-order valence-electron chi connectivity index (χ3n) is 3.44. The molecule has 1 aromatic heterocycles. The second kappa shape index (κ2) is 5.27. The van der Waals surface area contributed by atoms with Gasteiger partial charge in [-0.15, -0.1) is 0 Å². The van der Waals surface area contributed by atoms with E-state index in [1.54, 1.807) is 6.20 Å². The molecule has 1 aliphatic heterocycles. The Morgan fingerprint density at radius 2 is 2.41 bits per heavy atom. The molecular weight excluding hydrogens is 214 g/mol. The monoisotopic (exact) mass is 233 g/mol. The van der Waals surface area contributed by atoms with Crippen molar-refractivity contribution in [3.8, 4) is 0 Å². The molecule has 0 unspecified atom stereocenters. The second-order valence-corrected chi connectivity index (χ2v) is 4.76. The van der Waals surface area contributed by atoms with Gasteiger partial charge in [-0.1, -0.05) is 6.92 Å². The summed E-state index contributed by atoms with van der Waals surface area (Å²) in [6.07, 6.45) is 3.58. The van der Waals surface area contributed by atoms with Crippen LogP contribution in [0.3, 0.4) is 0 Å². The molecule has 0 saturated carbocycles. The van der Waals surface area contributed by atoms with Crippen LogP contribution in [-0.2, 0) is 11.3 Å². The van der Waals surface area contributed by atoms with Crippen LogP contribution >= 0.6 is 0 Å². The Bertz CT molecular complexity index is 405. The molecule has 0 aliphatic carbocycles. The molecular formula is C13H19N3O. The van der Waals surface area contributed by atoms with E-state index in [2.05, 4.69) is 22.5 Å². The molecule has 2 N–H and O–H groups in total. The molecule has 4 heteroatoms. The maximum Gasteiger partial charge on any atom is 0.224 e. The van der Waals surface area contributed by atoms with E-state index in [-0.39, 0.29) is 11.8 Å². The molecule has 4 nitrogen and oxygen atoms in total. The number of carbonyl (C=O) groups is 1. The van der Waals surface area contributed by atoms with Crippen molar-refractivity contribution in [2.24, 2.45) is 11.8 Å². The number of hydrogen-bond acceptors (Lipinski definition) is 3. The first-order valence-corrected chi connectivity index (χ1v) is 6.06. The van der Waals surface area contributed by atoms with Gasteiger partial charge < -0.3 is 10.6 Å². The standard InChI is InChI=1S/C13H19N3O/c1-9-5-14-4-3-11(9)7-16-13(17)12-8-15-6-10(12)2/h3-5,10,12,15H,6-8H2,1-2H3,(H,16,17)/t10-,12-/m1/s1. The van der Waals surface area contributed by atoms with Crippen LogP contribution in [0.2, 0.25) is 0 Å². The molecule has 92 valence electrons. The van der Waals surface area contributed by atoms with Crippen molar-refractivity contribution in [1.29, 1.82) is 0 Å². The summed E-state index contributed by atoms with van der Waals surface area (Å²) >= 11 is 0. The van der Waals surface area contributed by atoms with E-state index in [0.29, 0.717) is 12.5 Å². The molecule has 0 bridgehead atoms. The van der Waals surface area contributed by atoms with E-state index < -0.39 is 0 Å². The Balaban J connectivity index is 1.90. The van der Waals surface area contributed by atoms with Gasteiger partial charge >= 0.3 is 0 Å². The molecule has 1 aliphatic rings. The quantitative estimate of drug-likeness (QED) is 0.814. The van der Waals surface area contributed by atoms with Gasteiger partial charge in [0.1, 0.15) is 0 Å². The van der Waals surface area contributed by atoms with E-state index in [1.165, 1.54) is 0 Å². The number of hydrogen-bond donors (Lipinski definition) is 2. The summed E-state index contributed by atoms with van der Waals surface area (Å²) in [5.74, 6) is 0.685. The van der Waals surface area contributed by atoms with Crippen molar-refractivity contribution >= 4 is 5.91 Å². The largest absolute Gasteiger partial charge is 0.352 e. The van der Waals surface area contributed by atoms with Crippen LogP contribution in [0.25, 0.3) is 0 Å². The lowest BCUT2D eigenvalue weighted by Gasteiger charge is -2.14. The number of aromatic nitrogens is 1. The number of amides is 1. The number of pyridine rings is 1. The zero-order chi connectivity index (χ0) is 12.3. The van der Waals surface area contributed by atoms with E-state index >= 15 is 0 Å². The highest BCUT2D eigenvalue weighted by Crippen LogP contribution is 2.16. The summed E-state index contributed by atoms with van der Waals surface area (Å²) in [5.41, 5.74) is 2.25. The van der Waals surface area contributed by atoms with Gasteiger partial charge in [-0.2, -0.15) is 0 Å². The van der Waals surface area contributed by atoms with Crippen molar-refractivity contribution in [2.75, 3.05) is 13.1 Å². The van der Waals surface area contributed by atoms with Crippen molar-refractivity contribution in [3.63, 3.8) is 0 Å². The van der Waals surface area contributed by atoms with Gasteiger partial charge in [0.05, 0.1) is 5.92 Å². The van der Waals surface area contributed by atoms with Crippen LogP contribution < -0.4 is 10.6 Å². The summed E-state index contributed by atoms with van der Waals surface area (Å²) < 4.78 is 0. The predicted molar refractivity (Wildman–Crippen MR) is 66.3 cm³/mol. The fourth-order valence-corrected chi connectivity index (χ4v) is 2.18. The Labute approximate surface area is 102 Å². The van der Waals surface area contributed by atoms with Crippen LogP contribution in [0.4, 0.5) is 0 Å². The summed E-state index contributed by atoms with van der Waals surface area (Å²) in [5, 5.41) is 6.25. The van der Waals surface area contributed by atoms with Gasteiger partial charge in [0.25, 0.3) is 0 Å². The van der Waals surface area contributed by atoms with Crippen LogP contribution in [-0.4, -0.2) is 24.0 Å². The first-order valence-electron chi connectivity index (χ1n) is 6.06. The average molecular weight is 233 g/mol. The van der Waals surface area contributed by atoms with Gasteiger partial charge in [-0.05, 0) is 36.6 Å². The lowest BCUT2D eigenvalue weighted by Crippen LogP contribution is -2.34. The first kappa shape index (κ1) is 12.0. The fourth-order valence-electron chi connectivity index (χ4n) is 2.18. The summed E-state index contributed by atoms with van der Waals surface area (Å²) in [7, 11) is 0. The van der Waals surface area contributed by atoms with Crippen molar-refractivity contribution in [3.05, 3.63) is 29.6 Å². The van der Waals surface area contributed by atoms with Crippen LogP contribution in [0, 0.1) is 18.8 Å². The molecule has 2 rings (SSSR count). The first-order chi connectivity index (χ1) is 8.18. The molecule has 1 amide bonds. The summed E-state index contributed by atoms with van der Waals surface area (Å²) in [4.78, 5) is 16.0. The molecule has 1 aromatic rings. The number of aryl methyl sites for hydroxylation is 1. The molecule has 0 aromatic carbocycles. The average Bonchev–Trinajstić information content (AvgIpc) is 2.74. The zero-order valence-electron chi connectivity index (χ0n) is 10.4. The lowest BCUT2D eigenvalue weighted by molar-refractivity contribution is -0.125. The molecule has 0 spiro atoms. The minimum absolute atomic E-state index is 0.108. The molecule has 2 heterocycles. The normalized spacial score (nSPS) is 23.6. The number of rotatable bonds is 3. The minimum Gasteiger partial charge on any atom is -0.352 e. The van der Waals surface area contributed by atoms with E-state index in [0.717, 1.165) is 24.2 Å². The number of nitrogens with one attached hydrogen (secondary N) is 2. The van der Waals surface area contributed by atoms with Gasteiger partial charge in [0.2, 0.25) is 5.91 Å². The van der Waals surface area contributed by atoms with E-state index in [1.807, 2.05) is 19.2 Å². The Kier molecular flexibility index (Phi) is 3.74. The van der Waals surface area contributed by atoms with Crippen LogP contribution in [0.1, 0.15) is 18.1 Å². The van der Waals surface area contributed by atoms with Crippen molar-refractivity contribution in [2.45, 2.75) is 20.4 Å². The highest BCUT2D eigenvalue weighted by atomic mass is 16.1. The van der Waals surface area contributed by atoms with E-state index in [9.17, 15) is 4.79 Å². The lowest BCUT2D eigenvalue weighted by atomic mass is 9.97. The maximum absolute atomic E-state index is 12.0. The van der Waals surface area contributed by atoms with Gasteiger partial charge in [-0.3, -0.25) is 9.78 Å². The summed E-state index contributed by atoms with van der Waals surface area (Å²) in [6, 6.07) is 1.95. The third-order valence-corrected chi connectivity index (χ3v) is 3.44. The highest BCUT2D eigenvalue weighted by molar-refractivity contribution is 5.79. The highest BCUT2D eigenvalue weighted by Gasteiger charge is 2.29. The molecule has 2 atom stereocenters. The Hall–Kier alpha value is -1.42. The van der Waals surface area contributed by atoms with Crippen molar-refractivity contribution in [1.82, 2.24) is 15.6 Å². The maximum atomic E-state index is 12.0. The minimum atomic E-state index is 0.108. The Morgan fingerprint density at radius 1 is 1.59 bits per heavy atom. The number of nitrogens with zero attached hydrogens (tertiary/aromatic N) is 1. The molecule has 0 radical (unpaired) electrons. The fraction of sp³-hybridized carbons (Fsp3) is 0.538. The smallest absolute Gasteiger partial charge is 0.224 e. The predicted octanol–water partition coefficient (Wildman–Crippen LogP) is 0.862. The molecule has 1 fully saturated rings. The number of carbonyl (C=O) groups excluding carboxylic acids is 1. The second-order valence-electron chi connectivity index (χ2n) is 4.76. The van der Waals surface area contributed by atoms with E-state index in [4.69, 9.17) is 0 Å². The van der Waals surface area contributed by atoms with Gasteiger partial charge in [0, 0.05) is 25.5 Å². The SMILES string of the molecule is Cc1cnccc1CNC(=O)[C@@H]1CNC[C@H]1C. The summed E-state index contributed by atoms with van der Waals surface area (Å²) in [6.45, 7) is 6.45. The van der Waals surface area contributed by atoms with Crippen molar-refractivity contribution < 1.29 is 4.79 Å². The molecule has 17 heavy (non-hydrogen) atoms. The van der Waals surface area contributed by atoms with Gasteiger partial charge in [-0.25, -0.2) is 0 Å². The Morgan fingerprint density at radius 3 is 3.06 bits per heavy atom. The molecule has 1 saturated heterocycles. The zero-order valence-corrected chi connectivity index (χ0v) is 10.4. The van der Waals surface area contributed by atoms with Gasteiger partial charge in [0.15, 0.2) is 0 Å². The third kappa shape index (κ3) is 2.82. The topological polar surface area (TPSA) is 54.0 Å².